The van der Waals surface area contributed by atoms with Crippen LogP contribution >= 0.6 is 35.7 Å². The quantitative estimate of drug-likeness (QED) is 0.604. The molecular weight excluding hydrogens is 216 g/mol. The first-order valence-electron chi connectivity index (χ1n) is 4.62. The van der Waals surface area contributed by atoms with E-state index in [4.69, 9.17) is 0 Å². The lowest BCUT2D eigenvalue weighted by Gasteiger charge is -2.40. The summed E-state index contributed by atoms with van der Waals surface area (Å²) < 4.78 is 1.45. The molecule has 1 heterocycles. The molecule has 2 rings (SSSR count). The standard InChI is InChI=1S/C10H14S3/c11-7-10(4-2-5-10)8-13-9-3-1-6-12-9/h1,3,6,11H,2,4-5,7-8H2. The third-order valence-corrected chi connectivity index (χ3v) is 5.92. The largest absolute Gasteiger partial charge is 0.179 e. The Morgan fingerprint density at radius 3 is 2.85 bits per heavy atom. The number of hydrogen-bond acceptors (Lipinski definition) is 3. The number of hydrogen-bond donors (Lipinski definition) is 1. The molecule has 0 amide bonds. The van der Waals surface area contributed by atoms with Gasteiger partial charge in [-0.15, -0.1) is 23.1 Å². The molecule has 0 bridgehead atoms. The molecule has 1 aromatic heterocycles. The fraction of sp³-hybridized carbons (Fsp3) is 0.600. The van der Waals surface area contributed by atoms with Crippen LogP contribution in [-0.2, 0) is 0 Å². The Morgan fingerprint density at radius 1 is 1.54 bits per heavy atom. The van der Waals surface area contributed by atoms with E-state index >= 15 is 0 Å². The predicted molar refractivity (Wildman–Crippen MR) is 65.2 cm³/mol. The lowest BCUT2D eigenvalue weighted by molar-refractivity contribution is 0.205. The van der Waals surface area contributed by atoms with Crippen molar-refractivity contribution in [2.75, 3.05) is 11.5 Å². The third-order valence-electron chi connectivity index (χ3n) is 2.77. The second-order valence-corrected chi connectivity index (χ2v) is 6.27. The average molecular weight is 230 g/mol. The van der Waals surface area contributed by atoms with Crippen LogP contribution in [0.1, 0.15) is 19.3 Å². The molecule has 72 valence electrons. The van der Waals surface area contributed by atoms with Gasteiger partial charge in [0.15, 0.2) is 0 Å². The highest BCUT2D eigenvalue weighted by atomic mass is 32.2. The smallest absolute Gasteiger partial charge is 0.0598 e. The van der Waals surface area contributed by atoms with Crippen LogP contribution in [0.3, 0.4) is 0 Å². The van der Waals surface area contributed by atoms with Crippen molar-refractivity contribution in [3.63, 3.8) is 0 Å². The van der Waals surface area contributed by atoms with E-state index in [9.17, 15) is 0 Å². The van der Waals surface area contributed by atoms with Crippen molar-refractivity contribution in [2.45, 2.75) is 23.5 Å². The molecule has 0 atom stereocenters. The Kier molecular flexibility index (Phi) is 3.27. The zero-order valence-corrected chi connectivity index (χ0v) is 10.1. The molecule has 0 saturated heterocycles. The van der Waals surface area contributed by atoms with E-state index in [1.165, 1.54) is 29.2 Å². The minimum atomic E-state index is 0.567. The van der Waals surface area contributed by atoms with E-state index in [-0.39, 0.29) is 0 Å². The zero-order valence-electron chi connectivity index (χ0n) is 7.53. The molecule has 1 fully saturated rings. The summed E-state index contributed by atoms with van der Waals surface area (Å²) in [5, 5.41) is 2.15. The Hall–Kier alpha value is 0.400. The molecule has 13 heavy (non-hydrogen) atoms. The molecular formula is C10H14S3. The molecule has 1 aliphatic rings. The number of thiol groups is 1. The van der Waals surface area contributed by atoms with Crippen LogP contribution in [0.2, 0.25) is 0 Å². The third kappa shape index (κ3) is 2.25. The monoisotopic (exact) mass is 230 g/mol. The summed E-state index contributed by atoms with van der Waals surface area (Å²) in [6.45, 7) is 0. The second kappa shape index (κ2) is 4.28. The van der Waals surface area contributed by atoms with Crippen LogP contribution in [0, 0.1) is 5.41 Å². The molecule has 0 N–H and O–H groups in total. The maximum absolute atomic E-state index is 4.45. The fourth-order valence-corrected chi connectivity index (χ4v) is 4.25. The first kappa shape index (κ1) is 9.94. The van der Waals surface area contributed by atoms with Gasteiger partial charge < -0.3 is 0 Å². The van der Waals surface area contributed by atoms with Gasteiger partial charge in [-0.1, -0.05) is 12.5 Å². The molecule has 0 spiro atoms. The Morgan fingerprint density at radius 2 is 2.38 bits per heavy atom. The maximum Gasteiger partial charge on any atom is 0.0598 e. The molecule has 0 aliphatic heterocycles. The summed E-state index contributed by atoms with van der Waals surface area (Å²) >= 11 is 8.30. The minimum absolute atomic E-state index is 0.567. The van der Waals surface area contributed by atoms with E-state index in [0.29, 0.717) is 5.41 Å². The van der Waals surface area contributed by atoms with Gasteiger partial charge in [-0.25, -0.2) is 0 Å². The Labute approximate surface area is 93.5 Å². The Bertz CT molecular complexity index is 244. The highest BCUT2D eigenvalue weighted by Crippen LogP contribution is 2.45. The SMILES string of the molecule is SCC1(CSc2cccs2)CCC1. The molecule has 0 aromatic carbocycles. The highest BCUT2D eigenvalue weighted by molar-refractivity contribution is 8.01. The maximum atomic E-state index is 4.45. The highest BCUT2D eigenvalue weighted by Gasteiger charge is 2.35. The van der Waals surface area contributed by atoms with E-state index in [1.807, 2.05) is 23.1 Å². The molecule has 0 radical (unpaired) electrons. The lowest BCUT2D eigenvalue weighted by atomic mass is 9.72. The van der Waals surface area contributed by atoms with Gasteiger partial charge in [0, 0.05) is 5.75 Å². The first-order chi connectivity index (χ1) is 6.35. The van der Waals surface area contributed by atoms with Crippen LogP contribution in [0.25, 0.3) is 0 Å². The van der Waals surface area contributed by atoms with Crippen molar-refractivity contribution in [3.8, 4) is 0 Å². The van der Waals surface area contributed by atoms with Crippen LogP contribution in [0.4, 0.5) is 0 Å². The van der Waals surface area contributed by atoms with Gasteiger partial charge in [-0.05, 0) is 35.5 Å². The molecule has 1 aliphatic carbocycles. The summed E-state index contributed by atoms with van der Waals surface area (Å²) in [5.41, 5.74) is 0.567. The van der Waals surface area contributed by atoms with Crippen molar-refractivity contribution in [1.29, 1.82) is 0 Å². The molecule has 1 aromatic rings. The summed E-state index contributed by atoms with van der Waals surface area (Å²) in [5.74, 6) is 2.32. The predicted octanol–water partition coefficient (Wildman–Crippen LogP) is 3.94. The molecule has 0 nitrogen and oxygen atoms in total. The summed E-state index contributed by atoms with van der Waals surface area (Å²) in [6.07, 6.45) is 4.18. The van der Waals surface area contributed by atoms with Gasteiger partial charge >= 0.3 is 0 Å². The number of thiophene rings is 1. The van der Waals surface area contributed by atoms with Crippen molar-refractivity contribution in [1.82, 2.24) is 0 Å². The second-order valence-electron chi connectivity index (χ2n) is 3.73. The lowest BCUT2D eigenvalue weighted by Crippen LogP contribution is -2.33. The molecule has 1 saturated carbocycles. The summed E-state index contributed by atoms with van der Waals surface area (Å²) in [7, 11) is 0. The topological polar surface area (TPSA) is 0 Å². The van der Waals surface area contributed by atoms with Gasteiger partial charge in [0.05, 0.1) is 4.21 Å². The van der Waals surface area contributed by atoms with Gasteiger partial charge in [-0.3, -0.25) is 0 Å². The summed E-state index contributed by atoms with van der Waals surface area (Å²) in [4.78, 5) is 0. The van der Waals surface area contributed by atoms with Crippen LogP contribution < -0.4 is 0 Å². The molecule has 0 unspecified atom stereocenters. The van der Waals surface area contributed by atoms with Crippen molar-refractivity contribution < 1.29 is 0 Å². The van der Waals surface area contributed by atoms with Gasteiger partial charge in [-0.2, -0.15) is 12.6 Å². The van der Waals surface area contributed by atoms with E-state index in [1.54, 1.807) is 0 Å². The van der Waals surface area contributed by atoms with Crippen molar-refractivity contribution in [3.05, 3.63) is 17.5 Å². The Balaban J connectivity index is 1.84. The van der Waals surface area contributed by atoms with E-state index in [0.717, 1.165) is 5.75 Å². The number of thioether (sulfide) groups is 1. The van der Waals surface area contributed by atoms with E-state index < -0.39 is 0 Å². The van der Waals surface area contributed by atoms with E-state index in [2.05, 4.69) is 30.1 Å². The summed E-state index contributed by atoms with van der Waals surface area (Å²) in [6, 6.07) is 4.33. The van der Waals surface area contributed by atoms with Crippen molar-refractivity contribution in [2.24, 2.45) is 5.41 Å². The zero-order chi connectivity index (χ0) is 9.15. The van der Waals surface area contributed by atoms with Crippen LogP contribution in [0.15, 0.2) is 21.7 Å². The van der Waals surface area contributed by atoms with Crippen molar-refractivity contribution >= 4 is 35.7 Å². The number of rotatable bonds is 4. The van der Waals surface area contributed by atoms with Gasteiger partial charge in [0.2, 0.25) is 0 Å². The average Bonchev–Trinajstić information content (AvgIpc) is 2.56. The van der Waals surface area contributed by atoms with Crippen LogP contribution in [-0.4, -0.2) is 11.5 Å². The van der Waals surface area contributed by atoms with Crippen LogP contribution in [0.5, 0.6) is 0 Å². The van der Waals surface area contributed by atoms with Gasteiger partial charge in [0.1, 0.15) is 0 Å². The molecule has 3 heteroatoms. The minimum Gasteiger partial charge on any atom is -0.179 e. The normalized spacial score (nSPS) is 19.8. The van der Waals surface area contributed by atoms with Gasteiger partial charge in [0.25, 0.3) is 0 Å². The first-order valence-corrected chi connectivity index (χ1v) is 7.12. The fourth-order valence-electron chi connectivity index (χ4n) is 1.59.